The topological polar surface area (TPSA) is 15.3 Å². The van der Waals surface area contributed by atoms with Gasteiger partial charge in [-0.25, -0.2) is 0 Å². The van der Waals surface area contributed by atoms with Gasteiger partial charge in [0.05, 0.1) is 0 Å². The van der Waals surface area contributed by atoms with Gasteiger partial charge in [-0.3, -0.25) is 0 Å². The molecule has 0 aliphatic rings. The van der Waals surface area contributed by atoms with Crippen LogP contribution in [0.15, 0.2) is 24.3 Å². The predicted molar refractivity (Wildman–Crippen MR) is 73.9 cm³/mol. The summed E-state index contributed by atoms with van der Waals surface area (Å²) in [6.45, 7) is 3.14. The average Bonchev–Trinajstić information content (AvgIpc) is 2.29. The highest BCUT2D eigenvalue weighted by molar-refractivity contribution is 7.98. The van der Waals surface area contributed by atoms with E-state index in [9.17, 15) is 0 Å². The lowest BCUT2D eigenvalue weighted by Crippen LogP contribution is -2.20. The zero-order chi connectivity index (χ0) is 11.8. The molecule has 1 N–H and O–H groups in total. The Morgan fingerprint density at radius 1 is 1.19 bits per heavy atom. The Labute approximate surface area is 103 Å². The van der Waals surface area contributed by atoms with E-state index in [1.165, 1.54) is 16.9 Å². The number of rotatable bonds is 7. The molecule has 90 valence electrons. The largest absolute Gasteiger partial charge is 0.316 e. The minimum Gasteiger partial charge on any atom is -0.316 e. The van der Waals surface area contributed by atoms with Gasteiger partial charge in [-0.15, -0.1) is 0 Å². The van der Waals surface area contributed by atoms with Crippen molar-refractivity contribution < 1.29 is 0 Å². The molecule has 0 aromatic heterocycles. The van der Waals surface area contributed by atoms with E-state index in [0.29, 0.717) is 0 Å². The number of thioether (sulfide) groups is 1. The van der Waals surface area contributed by atoms with E-state index >= 15 is 0 Å². The number of hydrogen-bond acceptors (Lipinski definition) is 3. The second kappa shape index (κ2) is 7.71. The van der Waals surface area contributed by atoms with Crippen LogP contribution in [0.3, 0.4) is 0 Å². The summed E-state index contributed by atoms with van der Waals surface area (Å²) in [5.41, 5.74) is 2.74. The molecule has 0 atom stereocenters. The molecule has 1 aromatic rings. The first-order chi connectivity index (χ1) is 7.76. The summed E-state index contributed by atoms with van der Waals surface area (Å²) in [6, 6.07) is 8.85. The maximum absolute atomic E-state index is 3.16. The molecule has 0 fully saturated rings. The van der Waals surface area contributed by atoms with E-state index in [0.717, 1.165) is 19.6 Å². The maximum Gasteiger partial charge on any atom is 0.0231 e. The summed E-state index contributed by atoms with van der Waals surface area (Å²) >= 11 is 1.90. The van der Waals surface area contributed by atoms with Gasteiger partial charge in [0.15, 0.2) is 0 Å². The number of nitrogens with one attached hydrogen (secondary N) is 1. The minimum absolute atomic E-state index is 0.947. The molecule has 0 unspecified atom stereocenters. The molecule has 2 nitrogen and oxygen atoms in total. The third-order valence-corrected chi connectivity index (χ3v) is 3.12. The SMILES string of the molecule is CNCc1ccc(CN(C)CCSC)cc1. The van der Waals surface area contributed by atoms with Gasteiger partial charge in [0.1, 0.15) is 0 Å². The van der Waals surface area contributed by atoms with Crippen LogP contribution in [0, 0.1) is 0 Å². The summed E-state index contributed by atoms with van der Waals surface area (Å²) in [7, 11) is 4.15. The Morgan fingerprint density at radius 3 is 2.38 bits per heavy atom. The minimum atomic E-state index is 0.947. The molecule has 1 aromatic carbocycles. The maximum atomic E-state index is 3.16. The van der Waals surface area contributed by atoms with Gasteiger partial charge in [-0.2, -0.15) is 11.8 Å². The summed E-state index contributed by atoms with van der Waals surface area (Å²) in [6.07, 6.45) is 2.15. The third-order valence-electron chi connectivity index (χ3n) is 2.53. The van der Waals surface area contributed by atoms with Crippen molar-refractivity contribution in [3.05, 3.63) is 35.4 Å². The van der Waals surface area contributed by atoms with E-state index in [4.69, 9.17) is 0 Å². The van der Waals surface area contributed by atoms with Gasteiger partial charge in [0, 0.05) is 25.4 Å². The van der Waals surface area contributed by atoms with Crippen LogP contribution in [-0.4, -0.2) is 37.5 Å². The summed E-state index contributed by atoms with van der Waals surface area (Å²) in [4.78, 5) is 2.36. The van der Waals surface area contributed by atoms with Gasteiger partial charge in [0.25, 0.3) is 0 Å². The van der Waals surface area contributed by atoms with Crippen molar-refractivity contribution in [1.29, 1.82) is 0 Å². The van der Waals surface area contributed by atoms with Crippen LogP contribution < -0.4 is 5.32 Å². The van der Waals surface area contributed by atoms with Crippen molar-refractivity contribution in [1.82, 2.24) is 10.2 Å². The van der Waals surface area contributed by atoms with Crippen LogP contribution in [0.5, 0.6) is 0 Å². The van der Waals surface area contributed by atoms with E-state index in [1.54, 1.807) is 0 Å². The molecule has 0 heterocycles. The molecule has 1 rings (SSSR count). The van der Waals surface area contributed by atoms with Crippen molar-refractivity contribution in [2.45, 2.75) is 13.1 Å². The van der Waals surface area contributed by atoms with Crippen molar-refractivity contribution in [3.63, 3.8) is 0 Å². The van der Waals surface area contributed by atoms with Gasteiger partial charge < -0.3 is 10.2 Å². The first-order valence-electron chi connectivity index (χ1n) is 5.66. The second-order valence-electron chi connectivity index (χ2n) is 4.08. The number of hydrogen-bond donors (Lipinski definition) is 1. The first kappa shape index (κ1) is 13.6. The molecule has 3 heteroatoms. The van der Waals surface area contributed by atoms with Crippen LogP contribution in [0.1, 0.15) is 11.1 Å². The van der Waals surface area contributed by atoms with Crippen LogP contribution in [0.2, 0.25) is 0 Å². The van der Waals surface area contributed by atoms with Gasteiger partial charge in [-0.1, -0.05) is 24.3 Å². The smallest absolute Gasteiger partial charge is 0.0231 e. The van der Waals surface area contributed by atoms with Gasteiger partial charge in [-0.05, 0) is 31.5 Å². The normalized spacial score (nSPS) is 11.0. The Kier molecular flexibility index (Phi) is 6.53. The Balaban J connectivity index is 2.41. The fourth-order valence-corrected chi connectivity index (χ4v) is 2.10. The van der Waals surface area contributed by atoms with Crippen molar-refractivity contribution in [2.24, 2.45) is 0 Å². The fourth-order valence-electron chi connectivity index (χ4n) is 1.60. The molecule has 0 aliphatic carbocycles. The van der Waals surface area contributed by atoms with Crippen LogP contribution in [-0.2, 0) is 13.1 Å². The third kappa shape index (κ3) is 5.01. The quantitative estimate of drug-likeness (QED) is 0.784. The Morgan fingerprint density at radius 2 is 1.81 bits per heavy atom. The molecule has 0 saturated heterocycles. The van der Waals surface area contributed by atoms with E-state index in [2.05, 4.69) is 47.8 Å². The molecule has 0 radical (unpaired) electrons. The van der Waals surface area contributed by atoms with E-state index < -0.39 is 0 Å². The van der Waals surface area contributed by atoms with Crippen molar-refractivity contribution in [2.75, 3.05) is 32.6 Å². The number of nitrogens with zero attached hydrogens (tertiary/aromatic N) is 1. The molecular weight excluding hydrogens is 216 g/mol. The zero-order valence-corrected chi connectivity index (χ0v) is 11.3. The van der Waals surface area contributed by atoms with Crippen LogP contribution in [0.4, 0.5) is 0 Å². The lowest BCUT2D eigenvalue weighted by molar-refractivity contribution is 0.349. The Bertz CT molecular complexity index is 284. The molecule has 0 spiro atoms. The van der Waals surface area contributed by atoms with Crippen molar-refractivity contribution in [3.8, 4) is 0 Å². The highest BCUT2D eigenvalue weighted by atomic mass is 32.2. The molecule has 0 saturated carbocycles. The second-order valence-corrected chi connectivity index (χ2v) is 5.06. The Hall–Kier alpha value is -0.510. The van der Waals surface area contributed by atoms with Crippen LogP contribution >= 0.6 is 11.8 Å². The van der Waals surface area contributed by atoms with Crippen molar-refractivity contribution >= 4 is 11.8 Å². The summed E-state index contributed by atoms with van der Waals surface area (Å²) in [5, 5.41) is 3.16. The van der Waals surface area contributed by atoms with Gasteiger partial charge in [0.2, 0.25) is 0 Å². The molecular formula is C13H22N2S. The fraction of sp³-hybridized carbons (Fsp3) is 0.538. The zero-order valence-electron chi connectivity index (χ0n) is 10.5. The highest BCUT2D eigenvalue weighted by Gasteiger charge is 1.99. The lowest BCUT2D eigenvalue weighted by atomic mass is 10.1. The first-order valence-corrected chi connectivity index (χ1v) is 7.05. The van der Waals surface area contributed by atoms with E-state index in [1.807, 2.05) is 18.8 Å². The average molecular weight is 238 g/mol. The number of benzene rings is 1. The molecule has 16 heavy (non-hydrogen) atoms. The molecule has 0 bridgehead atoms. The molecule has 0 aliphatic heterocycles. The highest BCUT2D eigenvalue weighted by Crippen LogP contribution is 2.07. The lowest BCUT2D eigenvalue weighted by Gasteiger charge is -2.16. The molecule has 0 amide bonds. The standard InChI is InChI=1S/C13H22N2S/c1-14-10-12-4-6-13(7-5-12)11-15(2)8-9-16-3/h4-7,14H,8-11H2,1-3H3. The summed E-state index contributed by atoms with van der Waals surface area (Å²) < 4.78 is 0. The van der Waals surface area contributed by atoms with Crippen LogP contribution in [0.25, 0.3) is 0 Å². The monoisotopic (exact) mass is 238 g/mol. The van der Waals surface area contributed by atoms with E-state index in [-0.39, 0.29) is 0 Å². The van der Waals surface area contributed by atoms with Gasteiger partial charge >= 0.3 is 0 Å². The summed E-state index contributed by atoms with van der Waals surface area (Å²) in [5.74, 6) is 1.20. The predicted octanol–water partition coefficient (Wildman–Crippen LogP) is 2.20.